The molecule has 16 heavy (non-hydrogen) atoms. The molecule has 1 heterocycles. The van der Waals surface area contributed by atoms with Gasteiger partial charge in [-0.2, -0.15) is 0 Å². The minimum absolute atomic E-state index is 0.0308. The van der Waals surface area contributed by atoms with Crippen LogP contribution in [0.25, 0.3) is 0 Å². The van der Waals surface area contributed by atoms with E-state index < -0.39 is 0 Å². The lowest BCUT2D eigenvalue weighted by atomic mass is 10.3. The summed E-state index contributed by atoms with van der Waals surface area (Å²) in [5.41, 5.74) is 1.90. The zero-order valence-corrected chi connectivity index (χ0v) is 9.71. The van der Waals surface area contributed by atoms with Crippen LogP contribution in [0, 0.1) is 0 Å². The predicted molar refractivity (Wildman–Crippen MR) is 65.6 cm³/mol. The van der Waals surface area contributed by atoms with Gasteiger partial charge in [0, 0.05) is 26.6 Å². The van der Waals surface area contributed by atoms with E-state index in [1.165, 1.54) is 0 Å². The first-order valence-electron chi connectivity index (χ1n) is 5.39. The highest BCUT2D eigenvalue weighted by molar-refractivity contribution is 5.76. The Labute approximate surface area is 95.7 Å². The Morgan fingerprint density at radius 2 is 2.00 bits per heavy atom. The standard InChI is InChI=1S/C11H18N4O/c1-3-14-9-6-10(8-13-7-9)15-5-4-11(16)12-2/h6-8,14-15H,3-5H2,1-2H3,(H,12,16). The van der Waals surface area contributed by atoms with Gasteiger partial charge >= 0.3 is 0 Å². The van der Waals surface area contributed by atoms with Gasteiger partial charge in [0.05, 0.1) is 23.8 Å². The van der Waals surface area contributed by atoms with E-state index in [0.29, 0.717) is 13.0 Å². The number of nitrogens with one attached hydrogen (secondary N) is 3. The van der Waals surface area contributed by atoms with E-state index in [-0.39, 0.29) is 5.91 Å². The number of hydrogen-bond acceptors (Lipinski definition) is 4. The van der Waals surface area contributed by atoms with Gasteiger partial charge in [0.2, 0.25) is 5.91 Å². The maximum absolute atomic E-state index is 11.0. The maximum atomic E-state index is 11.0. The Morgan fingerprint density at radius 1 is 1.31 bits per heavy atom. The molecular weight excluding hydrogens is 204 g/mol. The number of amides is 1. The molecule has 0 aromatic carbocycles. The summed E-state index contributed by atoms with van der Waals surface area (Å²) in [5, 5.41) is 8.90. The van der Waals surface area contributed by atoms with Crippen LogP contribution >= 0.6 is 0 Å². The quantitative estimate of drug-likeness (QED) is 0.673. The first kappa shape index (κ1) is 12.3. The number of hydrogen-bond donors (Lipinski definition) is 3. The number of carbonyl (C=O) groups is 1. The van der Waals surface area contributed by atoms with Crippen molar-refractivity contribution >= 4 is 17.3 Å². The second-order valence-corrected chi connectivity index (χ2v) is 3.34. The molecule has 0 unspecified atom stereocenters. The van der Waals surface area contributed by atoms with Crippen molar-refractivity contribution in [2.45, 2.75) is 13.3 Å². The summed E-state index contributed by atoms with van der Waals surface area (Å²) >= 11 is 0. The van der Waals surface area contributed by atoms with Crippen LogP contribution in [0.4, 0.5) is 11.4 Å². The van der Waals surface area contributed by atoms with Crippen LogP contribution in [-0.4, -0.2) is 31.0 Å². The van der Waals surface area contributed by atoms with Crippen LogP contribution in [0.2, 0.25) is 0 Å². The SMILES string of the molecule is CCNc1cncc(NCCC(=O)NC)c1. The maximum Gasteiger partial charge on any atom is 0.221 e. The van der Waals surface area contributed by atoms with Gasteiger partial charge < -0.3 is 16.0 Å². The van der Waals surface area contributed by atoms with Gasteiger partial charge in [-0.3, -0.25) is 9.78 Å². The summed E-state index contributed by atoms with van der Waals surface area (Å²) in [5.74, 6) is 0.0308. The van der Waals surface area contributed by atoms with Gasteiger partial charge in [-0.1, -0.05) is 0 Å². The molecule has 88 valence electrons. The molecule has 1 aromatic heterocycles. The summed E-state index contributed by atoms with van der Waals surface area (Å²) < 4.78 is 0. The summed E-state index contributed by atoms with van der Waals surface area (Å²) in [7, 11) is 1.63. The monoisotopic (exact) mass is 222 g/mol. The number of rotatable bonds is 6. The number of nitrogens with zero attached hydrogens (tertiary/aromatic N) is 1. The summed E-state index contributed by atoms with van der Waals surface area (Å²) in [6, 6.07) is 1.97. The molecular formula is C11H18N4O. The molecule has 5 nitrogen and oxygen atoms in total. The van der Waals surface area contributed by atoms with Crippen molar-refractivity contribution in [2.24, 2.45) is 0 Å². The molecule has 0 fully saturated rings. The van der Waals surface area contributed by atoms with E-state index in [1.807, 2.05) is 13.0 Å². The molecule has 0 spiro atoms. The van der Waals surface area contributed by atoms with Crippen LogP contribution in [0.1, 0.15) is 13.3 Å². The van der Waals surface area contributed by atoms with Gasteiger partial charge in [0.15, 0.2) is 0 Å². The molecule has 0 aliphatic heterocycles. The van der Waals surface area contributed by atoms with Crippen molar-refractivity contribution in [3.05, 3.63) is 18.5 Å². The van der Waals surface area contributed by atoms with Gasteiger partial charge in [0.1, 0.15) is 0 Å². The predicted octanol–water partition coefficient (Wildman–Crippen LogP) is 1.06. The largest absolute Gasteiger partial charge is 0.384 e. The Balaban J connectivity index is 2.41. The second kappa shape index (κ2) is 6.66. The van der Waals surface area contributed by atoms with E-state index in [0.717, 1.165) is 17.9 Å². The lowest BCUT2D eigenvalue weighted by molar-refractivity contribution is -0.120. The first-order valence-corrected chi connectivity index (χ1v) is 5.39. The number of pyridine rings is 1. The molecule has 0 saturated carbocycles. The van der Waals surface area contributed by atoms with Crippen LogP contribution in [-0.2, 0) is 4.79 Å². The fraction of sp³-hybridized carbons (Fsp3) is 0.455. The minimum atomic E-state index is 0.0308. The highest BCUT2D eigenvalue weighted by Gasteiger charge is 1.98. The highest BCUT2D eigenvalue weighted by Crippen LogP contribution is 2.12. The van der Waals surface area contributed by atoms with Crippen molar-refractivity contribution in [1.82, 2.24) is 10.3 Å². The minimum Gasteiger partial charge on any atom is -0.384 e. The molecule has 1 rings (SSSR count). The van der Waals surface area contributed by atoms with Gasteiger partial charge in [0.25, 0.3) is 0 Å². The van der Waals surface area contributed by atoms with Crippen molar-refractivity contribution in [1.29, 1.82) is 0 Å². The third-order valence-electron chi connectivity index (χ3n) is 2.08. The Morgan fingerprint density at radius 3 is 2.62 bits per heavy atom. The summed E-state index contributed by atoms with van der Waals surface area (Å²) in [6.07, 6.45) is 3.97. The van der Waals surface area contributed by atoms with Crippen molar-refractivity contribution in [3.8, 4) is 0 Å². The van der Waals surface area contributed by atoms with Crippen molar-refractivity contribution < 1.29 is 4.79 Å². The van der Waals surface area contributed by atoms with Crippen LogP contribution in [0.5, 0.6) is 0 Å². The molecule has 0 radical (unpaired) electrons. The number of aromatic nitrogens is 1. The summed E-state index contributed by atoms with van der Waals surface area (Å²) in [6.45, 7) is 3.51. The van der Waals surface area contributed by atoms with Gasteiger partial charge in [-0.15, -0.1) is 0 Å². The fourth-order valence-electron chi connectivity index (χ4n) is 1.28. The third kappa shape index (κ3) is 4.16. The van der Waals surface area contributed by atoms with Crippen LogP contribution < -0.4 is 16.0 Å². The summed E-state index contributed by atoms with van der Waals surface area (Å²) in [4.78, 5) is 15.1. The number of carbonyl (C=O) groups excluding carboxylic acids is 1. The van der Waals surface area contributed by atoms with Crippen molar-refractivity contribution in [3.63, 3.8) is 0 Å². The smallest absolute Gasteiger partial charge is 0.221 e. The van der Waals surface area contributed by atoms with E-state index in [4.69, 9.17) is 0 Å². The average molecular weight is 222 g/mol. The van der Waals surface area contributed by atoms with E-state index >= 15 is 0 Å². The molecule has 1 aromatic rings. The van der Waals surface area contributed by atoms with E-state index in [1.54, 1.807) is 19.4 Å². The molecule has 0 saturated heterocycles. The lowest BCUT2D eigenvalue weighted by Gasteiger charge is -2.08. The van der Waals surface area contributed by atoms with Gasteiger partial charge in [-0.25, -0.2) is 0 Å². The normalized spacial score (nSPS) is 9.62. The van der Waals surface area contributed by atoms with Gasteiger partial charge in [-0.05, 0) is 13.0 Å². The van der Waals surface area contributed by atoms with E-state index in [9.17, 15) is 4.79 Å². The number of anilines is 2. The zero-order chi connectivity index (χ0) is 11.8. The van der Waals surface area contributed by atoms with Crippen LogP contribution in [0.15, 0.2) is 18.5 Å². The molecule has 3 N–H and O–H groups in total. The molecule has 0 aliphatic rings. The molecule has 1 amide bonds. The van der Waals surface area contributed by atoms with E-state index in [2.05, 4.69) is 20.9 Å². The zero-order valence-electron chi connectivity index (χ0n) is 9.71. The van der Waals surface area contributed by atoms with Crippen molar-refractivity contribution in [2.75, 3.05) is 30.8 Å². The Kier molecular flexibility index (Phi) is 5.11. The lowest BCUT2D eigenvalue weighted by Crippen LogP contribution is -2.20. The average Bonchev–Trinajstić information content (AvgIpc) is 2.30. The molecule has 0 aliphatic carbocycles. The first-order chi connectivity index (χ1) is 7.76. The third-order valence-corrected chi connectivity index (χ3v) is 2.08. The Bertz CT molecular complexity index is 341. The molecule has 5 heteroatoms. The highest BCUT2D eigenvalue weighted by atomic mass is 16.1. The van der Waals surface area contributed by atoms with Crippen LogP contribution in [0.3, 0.4) is 0 Å². The molecule has 0 bridgehead atoms. The second-order valence-electron chi connectivity index (χ2n) is 3.34. The fourth-order valence-corrected chi connectivity index (χ4v) is 1.28. The Hall–Kier alpha value is -1.78. The topological polar surface area (TPSA) is 66.0 Å². The molecule has 0 atom stereocenters.